The SMILES string of the molecule is CN[C@@H](Cc1cc(OCCCOC)c(OC)nc1C)C(C)C. The number of hydrogen-bond acceptors (Lipinski definition) is 5. The lowest BCUT2D eigenvalue weighted by atomic mass is 9.96. The van der Waals surface area contributed by atoms with Crippen LogP contribution in [0.1, 0.15) is 31.5 Å². The molecule has 0 bridgehead atoms. The molecule has 0 radical (unpaired) electrons. The Bertz CT molecular complexity index is 450. The van der Waals surface area contributed by atoms with Crippen molar-refractivity contribution in [1.82, 2.24) is 10.3 Å². The molecule has 1 rings (SSSR count). The van der Waals surface area contributed by atoms with E-state index in [1.807, 2.05) is 14.0 Å². The molecule has 0 aliphatic rings. The summed E-state index contributed by atoms with van der Waals surface area (Å²) in [6, 6.07) is 2.47. The van der Waals surface area contributed by atoms with Gasteiger partial charge in [-0.2, -0.15) is 0 Å². The number of pyridine rings is 1. The number of nitrogens with one attached hydrogen (secondary N) is 1. The Morgan fingerprint density at radius 3 is 2.50 bits per heavy atom. The molecule has 0 aromatic carbocycles. The minimum atomic E-state index is 0.412. The first-order chi connectivity index (χ1) is 10.5. The summed E-state index contributed by atoms with van der Waals surface area (Å²) < 4.78 is 16.2. The number of aromatic nitrogens is 1. The van der Waals surface area contributed by atoms with Crippen LogP contribution in [0, 0.1) is 12.8 Å². The lowest BCUT2D eigenvalue weighted by molar-refractivity contribution is 0.170. The van der Waals surface area contributed by atoms with Crippen LogP contribution >= 0.6 is 0 Å². The second-order valence-electron chi connectivity index (χ2n) is 5.78. The highest BCUT2D eigenvalue weighted by Crippen LogP contribution is 2.28. The first-order valence-corrected chi connectivity index (χ1v) is 7.87. The Morgan fingerprint density at radius 1 is 1.23 bits per heavy atom. The topological polar surface area (TPSA) is 52.6 Å². The van der Waals surface area contributed by atoms with Gasteiger partial charge in [-0.3, -0.25) is 0 Å². The number of aryl methyl sites for hydroxylation is 1. The van der Waals surface area contributed by atoms with Crippen LogP contribution in [-0.2, 0) is 11.2 Å². The van der Waals surface area contributed by atoms with E-state index in [-0.39, 0.29) is 0 Å². The quantitative estimate of drug-likeness (QED) is 0.673. The van der Waals surface area contributed by atoms with E-state index in [9.17, 15) is 0 Å². The highest BCUT2D eigenvalue weighted by atomic mass is 16.5. The van der Waals surface area contributed by atoms with Crippen LogP contribution in [0.25, 0.3) is 0 Å². The molecular weight excluding hydrogens is 280 g/mol. The maximum Gasteiger partial charge on any atom is 0.256 e. The zero-order valence-corrected chi connectivity index (χ0v) is 14.7. The molecule has 0 saturated heterocycles. The highest BCUT2D eigenvalue weighted by Gasteiger charge is 2.17. The normalized spacial score (nSPS) is 12.5. The van der Waals surface area contributed by atoms with Gasteiger partial charge in [0.05, 0.1) is 13.7 Å². The Kier molecular flexibility index (Phi) is 8.20. The summed E-state index contributed by atoms with van der Waals surface area (Å²) in [5, 5.41) is 3.37. The molecule has 5 nitrogen and oxygen atoms in total. The molecule has 0 saturated carbocycles. The van der Waals surface area contributed by atoms with E-state index in [1.54, 1.807) is 14.2 Å². The number of hydrogen-bond donors (Lipinski definition) is 1. The van der Waals surface area contributed by atoms with Gasteiger partial charge in [0.1, 0.15) is 0 Å². The largest absolute Gasteiger partial charge is 0.488 e. The molecular formula is C17H30N2O3. The Morgan fingerprint density at radius 2 is 1.95 bits per heavy atom. The number of rotatable bonds is 10. The number of likely N-dealkylation sites (N-methyl/N-ethyl adjacent to an activating group) is 1. The molecule has 1 aromatic heterocycles. The van der Waals surface area contributed by atoms with Crippen molar-refractivity contribution in [3.8, 4) is 11.6 Å². The average molecular weight is 310 g/mol. The number of methoxy groups -OCH3 is 2. The monoisotopic (exact) mass is 310 g/mol. The van der Waals surface area contributed by atoms with Crippen LogP contribution in [0.5, 0.6) is 11.6 Å². The first kappa shape index (κ1) is 18.7. The third-order valence-electron chi connectivity index (χ3n) is 3.81. The first-order valence-electron chi connectivity index (χ1n) is 7.87. The van der Waals surface area contributed by atoms with Gasteiger partial charge in [-0.05, 0) is 37.9 Å². The van der Waals surface area contributed by atoms with Crippen molar-refractivity contribution in [2.24, 2.45) is 5.92 Å². The maximum absolute atomic E-state index is 5.81. The fourth-order valence-corrected chi connectivity index (χ4v) is 2.35. The third kappa shape index (κ3) is 5.46. The third-order valence-corrected chi connectivity index (χ3v) is 3.81. The summed E-state index contributed by atoms with van der Waals surface area (Å²) in [5.74, 6) is 1.81. The second-order valence-corrected chi connectivity index (χ2v) is 5.78. The van der Waals surface area contributed by atoms with E-state index in [0.29, 0.717) is 36.8 Å². The van der Waals surface area contributed by atoms with Crippen LogP contribution < -0.4 is 14.8 Å². The van der Waals surface area contributed by atoms with Gasteiger partial charge in [-0.15, -0.1) is 0 Å². The Labute approximate surface area is 134 Å². The van der Waals surface area contributed by atoms with Gasteiger partial charge in [0.25, 0.3) is 5.88 Å². The summed E-state index contributed by atoms with van der Waals surface area (Å²) in [6.45, 7) is 7.72. The van der Waals surface area contributed by atoms with Crippen LogP contribution in [0.3, 0.4) is 0 Å². The molecule has 126 valence electrons. The molecule has 0 fully saturated rings. The molecule has 0 amide bonds. The van der Waals surface area contributed by atoms with Gasteiger partial charge < -0.3 is 19.5 Å². The molecule has 1 heterocycles. The highest BCUT2D eigenvalue weighted by molar-refractivity contribution is 5.40. The van der Waals surface area contributed by atoms with Gasteiger partial charge in [0, 0.05) is 31.9 Å². The lowest BCUT2D eigenvalue weighted by Crippen LogP contribution is -2.33. The standard InChI is InChI=1S/C17H30N2O3/c1-12(2)15(18-4)10-14-11-16(22-9-7-8-20-5)17(21-6)19-13(14)3/h11-12,15,18H,7-10H2,1-6H3/t15-/m0/s1. The molecule has 1 atom stereocenters. The van der Waals surface area contributed by atoms with Crippen molar-refractivity contribution >= 4 is 0 Å². The van der Waals surface area contributed by atoms with E-state index in [1.165, 1.54) is 5.56 Å². The van der Waals surface area contributed by atoms with Crippen LogP contribution in [0.2, 0.25) is 0 Å². The minimum Gasteiger partial charge on any atom is -0.488 e. The van der Waals surface area contributed by atoms with Crippen LogP contribution in [0.4, 0.5) is 0 Å². The van der Waals surface area contributed by atoms with Gasteiger partial charge in [0.2, 0.25) is 0 Å². The van der Waals surface area contributed by atoms with Crippen molar-refractivity contribution in [1.29, 1.82) is 0 Å². The summed E-state index contributed by atoms with van der Waals surface area (Å²) in [7, 11) is 5.31. The van der Waals surface area contributed by atoms with Crippen LogP contribution in [0.15, 0.2) is 6.07 Å². The summed E-state index contributed by atoms with van der Waals surface area (Å²) in [6.07, 6.45) is 1.76. The maximum atomic E-state index is 5.81. The molecule has 0 spiro atoms. The zero-order chi connectivity index (χ0) is 16.5. The fraction of sp³-hybridized carbons (Fsp3) is 0.706. The van der Waals surface area contributed by atoms with Crippen molar-refractivity contribution in [2.45, 2.75) is 39.7 Å². The predicted molar refractivity (Wildman–Crippen MR) is 88.9 cm³/mol. The van der Waals surface area contributed by atoms with Gasteiger partial charge in [-0.25, -0.2) is 4.98 Å². The molecule has 1 N–H and O–H groups in total. The van der Waals surface area contributed by atoms with E-state index in [2.05, 4.69) is 30.2 Å². The van der Waals surface area contributed by atoms with Crippen LogP contribution in [-0.4, -0.2) is 45.5 Å². The van der Waals surface area contributed by atoms with Crippen molar-refractivity contribution in [3.63, 3.8) is 0 Å². The molecule has 22 heavy (non-hydrogen) atoms. The van der Waals surface area contributed by atoms with Gasteiger partial charge in [0.15, 0.2) is 5.75 Å². The summed E-state index contributed by atoms with van der Waals surface area (Å²) >= 11 is 0. The van der Waals surface area contributed by atoms with E-state index < -0.39 is 0 Å². The van der Waals surface area contributed by atoms with Gasteiger partial charge >= 0.3 is 0 Å². The summed E-state index contributed by atoms with van der Waals surface area (Å²) in [4.78, 5) is 4.53. The number of nitrogens with zero attached hydrogens (tertiary/aromatic N) is 1. The molecule has 5 heteroatoms. The van der Waals surface area contributed by atoms with E-state index in [0.717, 1.165) is 18.5 Å². The van der Waals surface area contributed by atoms with E-state index in [4.69, 9.17) is 14.2 Å². The van der Waals surface area contributed by atoms with Crippen molar-refractivity contribution in [3.05, 3.63) is 17.3 Å². The Hall–Kier alpha value is -1.33. The van der Waals surface area contributed by atoms with Crippen molar-refractivity contribution in [2.75, 3.05) is 34.5 Å². The Balaban J connectivity index is 2.88. The fourth-order valence-electron chi connectivity index (χ4n) is 2.35. The number of ether oxygens (including phenoxy) is 3. The molecule has 0 aliphatic heterocycles. The average Bonchev–Trinajstić information content (AvgIpc) is 2.50. The van der Waals surface area contributed by atoms with Gasteiger partial charge in [-0.1, -0.05) is 13.8 Å². The minimum absolute atomic E-state index is 0.412. The van der Waals surface area contributed by atoms with Crippen molar-refractivity contribution < 1.29 is 14.2 Å². The molecule has 0 aliphatic carbocycles. The predicted octanol–water partition coefficient (Wildman–Crippen LogP) is 2.60. The molecule has 1 aromatic rings. The zero-order valence-electron chi connectivity index (χ0n) is 14.7. The van der Waals surface area contributed by atoms with E-state index >= 15 is 0 Å². The summed E-state index contributed by atoms with van der Waals surface area (Å²) in [5.41, 5.74) is 2.18. The second kappa shape index (κ2) is 9.64. The molecule has 0 unspecified atom stereocenters. The smallest absolute Gasteiger partial charge is 0.256 e. The lowest BCUT2D eigenvalue weighted by Gasteiger charge is -2.22.